The molecule has 3 N–H and O–H groups in total. The van der Waals surface area contributed by atoms with Crippen LogP contribution >= 0.6 is 0 Å². The summed E-state index contributed by atoms with van der Waals surface area (Å²) in [5, 5.41) is 5.18. The van der Waals surface area contributed by atoms with Crippen LogP contribution in [0.4, 0.5) is 0 Å². The fourth-order valence-electron chi connectivity index (χ4n) is 3.11. The maximum Gasteiger partial charge on any atom is 0.275 e. The molecule has 0 aliphatic heterocycles. The van der Waals surface area contributed by atoms with Crippen molar-refractivity contribution in [3.05, 3.63) is 59.5 Å². The van der Waals surface area contributed by atoms with Crippen molar-refractivity contribution in [1.82, 2.24) is 5.32 Å². The van der Waals surface area contributed by atoms with Crippen molar-refractivity contribution >= 4 is 5.91 Å². The number of nitrogens with one attached hydrogen (secondary N) is 1. The van der Waals surface area contributed by atoms with Crippen molar-refractivity contribution in [3.8, 4) is 0 Å². The lowest BCUT2D eigenvalue weighted by molar-refractivity contribution is -0.684. The summed E-state index contributed by atoms with van der Waals surface area (Å²) >= 11 is 0. The molecule has 4 heteroatoms. The van der Waals surface area contributed by atoms with Crippen LogP contribution in [0.25, 0.3) is 0 Å². The van der Waals surface area contributed by atoms with Gasteiger partial charge in [-0.2, -0.15) is 0 Å². The molecule has 22 heavy (non-hydrogen) atoms. The molecule has 0 saturated heterocycles. The van der Waals surface area contributed by atoms with Crippen molar-refractivity contribution in [1.29, 1.82) is 0 Å². The number of quaternary nitrogens is 1. The smallest absolute Gasteiger partial charge is 0.275 e. The number of nitrogens with two attached hydrogens (primary N) is 1. The van der Waals surface area contributed by atoms with E-state index < -0.39 is 0 Å². The highest BCUT2D eigenvalue weighted by Crippen LogP contribution is 2.29. The SMILES string of the molecule is C[C@H]([NH2+]CC(=O)N[C@@H]1CCCc2ccccc21)c1ccco1. The second-order valence-corrected chi connectivity index (χ2v) is 5.96. The first-order valence-corrected chi connectivity index (χ1v) is 7.98. The van der Waals surface area contributed by atoms with Crippen molar-refractivity contribution in [2.45, 2.75) is 38.3 Å². The number of benzene rings is 1. The fraction of sp³-hybridized carbons (Fsp3) is 0.389. The van der Waals surface area contributed by atoms with E-state index in [9.17, 15) is 4.79 Å². The third-order valence-corrected chi connectivity index (χ3v) is 4.35. The molecule has 1 aliphatic rings. The van der Waals surface area contributed by atoms with Gasteiger partial charge in [-0.25, -0.2) is 0 Å². The molecule has 0 fully saturated rings. The Labute approximate surface area is 130 Å². The van der Waals surface area contributed by atoms with E-state index in [1.165, 1.54) is 11.1 Å². The summed E-state index contributed by atoms with van der Waals surface area (Å²) in [5.74, 6) is 0.982. The summed E-state index contributed by atoms with van der Waals surface area (Å²) in [6.45, 7) is 2.46. The normalized spacial score (nSPS) is 18.5. The maximum absolute atomic E-state index is 12.2. The Bertz CT molecular complexity index is 622. The van der Waals surface area contributed by atoms with E-state index in [-0.39, 0.29) is 18.0 Å². The van der Waals surface area contributed by atoms with Gasteiger partial charge in [0.25, 0.3) is 5.91 Å². The molecular weight excluding hydrogens is 276 g/mol. The molecule has 1 aromatic heterocycles. The Kier molecular flexibility index (Phi) is 4.59. The van der Waals surface area contributed by atoms with Gasteiger partial charge in [0, 0.05) is 0 Å². The summed E-state index contributed by atoms with van der Waals surface area (Å²) in [6, 6.07) is 12.5. The van der Waals surface area contributed by atoms with Crippen molar-refractivity contribution in [2.24, 2.45) is 0 Å². The second-order valence-electron chi connectivity index (χ2n) is 5.96. The van der Waals surface area contributed by atoms with Gasteiger partial charge in [0.05, 0.1) is 12.3 Å². The largest absolute Gasteiger partial charge is 0.463 e. The molecule has 0 saturated carbocycles. The zero-order valence-electron chi connectivity index (χ0n) is 12.9. The molecule has 0 unspecified atom stereocenters. The van der Waals surface area contributed by atoms with Gasteiger partial charge < -0.3 is 15.1 Å². The molecule has 116 valence electrons. The first-order valence-electron chi connectivity index (χ1n) is 7.98. The Hall–Kier alpha value is -2.07. The van der Waals surface area contributed by atoms with E-state index >= 15 is 0 Å². The number of furan rings is 1. The molecule has 1 aliphatic carbocycles. The summed E-state index contributed by atoms with van der Waals surface area (Å²) < 4.78 is 5.36. The Morgan fingerprint density at radius 1 is 1.36 bits per heavy atom. The summed E-state index contributed by atoms with van der Waals surface area (Å²) in [4.78, 5) is 12.2. The van der Waals surface area contributed by atoms with Gasteiger partial charge in [-0.15, -0.1) is 0 Å². The monoisotopic (exact) mass is 299 g/mol. The predicted molar refractivity (Wildman–Crippen MR) is 84.2 cm³/mol. The Balaban J connectivity index is 1.54. The zero-order valence-corrected chi connectivity index (χ0v) is 12.9. The Morgan fingerprint density at radius 2 is 2.23 bits per heavy atom. The summed E-state index contributed by atoms with van der Waals surface area (Å²) in [7, 11) is 0. The third kappa shape index (κ3) is 3.39. The van der Waals surface area contributed by atoms with Crippen molar-refractivity contribution in [2.75, 3.05) is 6.54 Å². The molecule has 3 rings (SSSR count). The number of amides is 1. The lowest BCUT2D eigenvalue weighted by Gasteiger charge is -2.26. The fourth-order valence-corrected chi connectivity index (χ4v) is 3.11. The van der Waals surface area contributed by atoms with Crippen molar-refractivity contribution < 1.29 is 14.5 Å². The number of rotatable bonds is 5. The quantitative estimate of drug-likeness (QED) is 0.888. The van der Waals surface area contributed by atoms with E-state index in [1.54, 1.807) is 6.26 Å². The summed E-state index contributed by atoms with van der Waals surface area (Å²) in [5.41, 5.74) is 2.65. The van der Waals surface area contributed by atoms with Crippen LogP contribution in [0.2, 0.25) is 0 Å². The first-order chi connectivity index (χ1) is 10.7. The van der Waals surface area contributed by atoms with E-state index in [4.69, 9.17) is 4.42 Å². The third-order valence-electron chi connectivity index (χ3n) is 4.35. The molecule has 0 radical (unpaired) electrons. The van der Waals surface area contributed by atoms with Gasteiger partial charge in [-0.05, 0) is 49.4 Å². The van der Waals surface area contributed by atoms with Gasteiger partial charge in [0.1, 0.15) is 6.04 Å². The van der Waals surface area contributed by atoms with Crippen LogP contribution in [0, 0.1) is 0 Å². The molecule has 1 aromatic carbocycles. The van der Waals surface area contributed by atoms with E-state index in [2.05, 4.69) is 29.6 Å². The van der Waals surface area contributed by atoms with Crippen LogP contribution in [0.5, 0.6) is 0 Å². The van der Waals surface area contributed by atoms with Crippen LogP contribution in [-0.4, -0.2) is 12.5 Å². The van der Waals surface area contributed by atoms with E-state index in [1.807, 2.05) is 24.4 Å². The van der Waals surface area contributed by atoms with Gasteiger partial charge in [0.2, 0.25) is 0 Å². The molecule has 0 bridgehead atoms. The number of carbonyl (C=O) groups is 1. The molecule has 2 atom stereocenters. The van der Waals surface area contributed by atoms with Gasteiger partial charge in [-0.3, -0.25) is 4.79 Å². The molecule has 4 nitrogen and oxygen atoms in total. The molecule has 1 heterocycles. The zero-order chi connectivity index (χ0) is 15.4. The first kappa shape index (κ1) is 14.9. The highest BCUT2D eigenvalue weighted by Gasteiger charge is 2.22. The maximum atomic E-state index is 12.2. The van der Waals surface area contributed by atoms with E-state index in [0.717, 1.165) is 25.0 Å². The summed E-state index contributed by atoms with van der Waals surface area (Å²) in [6.07, 6.45) is 4.94. The average molecular weight is 299 g/mol. The van der Waals surface area contributed by atoms with E-state index in [0.29, 0.717) is 6.54 Å². The minimum atomic E-state index is 0.0834. The number of hydrogen-bond acceptors (Lipinski definition) is 2. The number of aryl methyl sites for hydroxylation is 1. The van der Waals surface area contributed by atoms with Crippen LogP contribution < -0.4 is 10.6 Å². The predicted octanol–water partition coefficient (Wildman–Crippen LogP) is 2.10. The van der Waals surface area contributed by atoms with Gasteiger partial charge in [-0.1, -0.05) is 24.3 Å². The van der Waals surface area contributed by atoms with Gasteiger partial charge in [0.15, 0.2) is 12.3 Å². The van der Waals surface area contributed by atoms with Crippen molar-refractivity contribution in [3.63, 3.8) is 0 Å². The number of hydrogen-bond donors (Lipinski definition) is 2. The lowest BCUT2D eigenvalue weighted by atomic mass is 9.88. The number of fused-ring (bicyclic) bond motifs is 1. The minimum absolute atomic E-state index is 0.0834. The standard InChI is InChI=1S/C18H22N2O2/c1-13(17-10-5-11-22-17)19-12-18(21)20-16-9-4-7-14-6-2-3-8-15(14)16/h2-3,5-6,8,10-11,13,16,19H,4,7,9,12H2,1H3,(H,20,21)/p+1/t13-,16+/m0/s1. The molecule has 2 aromatic rings. The van der Waals surface area contributed by atoms with Crippen LogP contribution in [0.1, 0.15) is 48.7 Å². The second kappa shape index (κ2) is 6.79. The van der Waals surface area contributed by atoms with Gasteiger partial charge >= 0.3 is 0 Å². The molecule has 1 amide bonds. The van der Waals surface area contributed by atoms with Crippen LogP contribution in [0.15, 0.2) is 47.1 Å². The average Bonchev–Trinajstić information content (AvgIpc) is 3.07. The highest BCUT2D eigenvalue weighted by atomic mass is 16.3. The molecule has 0 spiro atoms. The van der Waals surface area contributed by atoms with Crippen LogP contribution in [0.3, 0.4) is 0 Å². The minimum Gasteiger partial charge on any atom is -0.463 e. The van der Waals surface area contributed by atoms with Crippen LogP contribution in [-0.2, 0) is 11.2 Å². The lowest BCUT2D eigenvalue weighted by Crippen LogP contribution is -2.87. The highest BCUT2D eigenvalue weighted by molar-refractivity contribution is 5.77. The molecular formula is C18H23N2O2+. The Morgan fingerprint density at radius 3 is 3.05 bits per heavy atom. The topological polar surface area (TPSA) is 58.9 Å². The number of carbonyl (C=O) groups excluding carboxylic acids is 1.